The van der Waals surface area contributed by atoms with E-state index in [2.05, 4.69) is 13.0 Å². The summed E-state index contributed by atoms with van der Waals surface area (Å²) in [4.78, 5) is 42.9. The largest absolute Gasteiger partial charge is 0.491 e. The molecule has 0 bridgehead atoms. The minimum absolute atomic E-state index is 0.0461. The summed E-state index contributed by atoms with van der Waals surface area (Å²) in [6.07, 6.45) is 6.92. The lowest BCUT2D eigenvalue weighted by Crippen LogP contribution is -2.62. The molecule has 4 rings (SSSR count). The molecule has 0 N–H and O–H groups in total. The minimum atomic E-state index is -1.05. The van der Waals surface area contributed by atoms with Crippen molar-refractivity contribution in [3.8, 4) is 5.75 Å². The highest BCUT2D eigenvalue weighted by Crippen LogP contribution is 2.30. The molecule has 2 amide bonds. The summed E-state index contributed by atoms with van der Waals surface area (Å²) in [5, 5.41) is 0. The highest BCUT2D eigenvalue weighted by atomic mass is 16.5. The Kier molecular flexibility index (Phi) is 9.39. The fourth-order valence-electron chi connectivity index (χ4n) is 5.20. The zero-order valence-corrected chi connectivity index (χ0v) is 21.9. The van der Waals surface area contributed by atoms with Gasteiger partial charge in [0.25, 0.3) is 11.5 Å². The number of benzene rings is 1. The van der Waals surface area contributed by atoms with Gasteiger partial charge in [0.2, 0.25) is 5.91 Å². The van der Waals surface area contributed by atoms with Crippen molar-refractivity contribution in [2.45, 2.75) is 64.0 Å². The van der Waals surface area contributed by atoms with Crippen LogP contribution in [0.5, 0.6) is 5.75 Å². The van der Waals surface area contributed by atoms with Gasteiger partial charge in [0.15, 0.2) is 5.60 Å². The number of pyridine rings is 1. The van der Waals surface area contributed by atoms with Crippen LogP contribution in [0.3, 0.4) is 0 Å². The van der Waals surface area contributed by atoms with E-state index in [9.17, 15) is 14.4 Å². The Balaban J connectivity index is 1.51. The van der Waals surface area contributed by atoms with Crippen LogP contribution >= 0.6 is 0 Å². The van der Waals surface area contributed by atoms with Gasteiger partial charge in [0.05, 0.1) is 19.7 Å². The Morgan fingerprint density at radius 2 is 1.84 bits per heavy atom. The van der Waals surface area contributed by atoms with Crippen molar-refractivity contribution in [2.75, 3.05) is 39.4 Å². The molecule has 2 aromatic rings. The lowest BCUT2D eigenvalue weighted by Gasteiger charge is -2.44. The fourth-order valence-corrected chi connectivity index (χ4v) is 5.20. The SMILES string of the molecule is CCCCN1CCOc2ccccc2CCCCC2(CN(C(=O)CCn3ccccc3=O)CCO2)C1=O. The van der Waals surface area contributed by atoms with Crippen molar-refractivity contribution in [1.82, 2.24) is 14.4 Å². The van der Waals surface area contributed by atoms with E-state index in [1.165, 1.54) is 11.6 Å². The molecule has 1 aromatic carbocycles. The first-order chi connectivity index (χ1) is 18.0. The van der Waals surface area contributed by atoms with E-state index in [-0.39, 0.29) is 30.3 Å². The third-order valence-electron chi connectivity index (χ3n) is 7.33. The molecular formula is C29H39N3O5. The zero-order chi connectivity index (χ0) is 26.1. The van der Waals surface area contributed by atoms with Gasteiger partial charge in [-0.05, 0) is 49.8 Å². The number of rotatable bonds is 6. The van der Waals surface area contributed by atoms with Gasteiger partial charge in [-0.15, -0.1) is 0 Å². The van der Waals surface area contributed by atoms with Gasteiger partial charge in [-0.3, -0.25) is 14.4 Å². The monoisotopic (exact) mass is 509 g/mol. The number of morpholine rings is 1. The third-order valence-corrected chi connectivity index (χ3v) is 7.33. The molecule has 1 fully saturated rings. The second-order valence-corrected chi connectivity index (χ2v) is 9.95. The van der Waals surface area contributed by atoms with Crippen molar-refractivity contribution in [1.29, 1.82) is 0 Å². The van der Waals surface area contributed by atoms with Crippen LogP contribution in [0.4, 0.5) is 0 Å². The number of carbonyl (C=O) groups is 2. The molecule has 3 heterocycles. The van der Waals surface area contributed by atoms with E-state index in [1.807, 2.05) is 23.1 Å². The maximum absolute atomic E-state index is 14.0. The number of unbranched alkanes of at least 4 members (excludes halogenated alkanes) is 1. The maximum atomic E-state index is 14.0. The van der Waals surface area contributed by atoms with Crippen LogP contribution in [0.25, 0.3) is 0 Å². The number of hydrogen-bond acceptors (Lipinski definition) is 5. The molecule has 1 atom stereocenters. The number of hydrogen-bond donors (Lipinski definition) is 0. The Bertz CT molecular complexity index is 1120. The molecule has 0 radical (unpaired) electrons. The molecule has 2 aliphatic rings. The average molecular weight is 510 g/mol. The van der Waals surface area contributed by atoms with Gasteiger partial charge in [0, 0.05) is 38.3 Å². The van der Waals surface area contributed by atoms with Crippen molar-refractivity contribution >= 4 is 11.8 Å². The molecule has 0 aliphatic carbocycles. The molecule has 37 heavy (non-hydrogen) atoms. The first-order valence-electron chi connectivity index (χ1n) is 13.6. The van der Waals surface area contributed by atoms with Crippen LogP contribution in [0.15, 0.2) is 53.5 Å². The Morgan fingerprint density at radius 1 is 1.00 bits per heavy atom. The van der Waals surface area contributed by atoms with E-state index < -0.39 is 5.60 Å². The summed E-state index contributed by atoms with van der Waals surface area (Å²) in [7, 11) is 0. The Hall–Kier alpha value is -3.13. The topological polar surface area (TPSA) is 81.1 Å². The fraction of sp³-hybridized carbons (Fsp3) is 0.552. The van der Waals surface area contributed by atoms with Gasteiger partial charge in [0.1, 0.15) is 12.4 Å². The van der Waals surface area contributed by atoms with Crippen LogP contribution in [-0.4, -0.2) is 71.2 Å². The van der Waals surface area contributed by atoms with E-state index in [1.54, 1.807) is 27.8 Å². The van der Waals surface area contributed by atoms with Gasteiger partial charge in [-0.1, -0.05) is 37.6 Å². The summed E-state index contributed by atoms with van der Waals surface area (Å²) in [5.41, 5.74) is 0.00362. The number of fused-ring (bicyclic) bond motifs is 1. The molecule has 8 heteroatoms. The summed E-state index contributed by atoms with van der Waals surface area (Å²) in [6, 6.07) is 13.1. The Morgan fingerprint density at radius 3 is 2.68 bits per heavy atom. The quantitative estimate of drug-likeness (QED) is 0.597. The normalized spacial score (nSPS) is 21.1. The molecule has 1 spiro atoms. The molecule has 1 saturated heterocycles. The molecule has 8 nitrogen and oxygen atoms in total. The van der Waals surface area contributed by atoms with E-state index in [0.29, 0.717) is 45.8 Å². The molecule has 200 valence electrons. The molecule has 1 aromatic heterocycles. The number of aromatic nitrogens is 1. The highest BCUT2D eigenvalue weighted by Gasteiger charge is 2.46. The molecule has 2 aliphatic heterocycles. The van der Waals surface area contributed by atoms with E-state index in [0.717, 1.165) is 37.9 Å². The number of para-hydroxylation sites is 1. The maximum Gasteiger partial charge on any atom is 0.256 e. The van der Waals surface area contributed by atoms with Crippen LogP contribution in [0.1, 0.15) is 51.0 Å². The van der Waals surface area contributed by atoms with Crippen molar-refractivity contribution in [3.05, 3.63) is 64.6 Å². The number of carbonyl (C=O) groups excluding carboxylic acids is 2. The average Bonchev–Trinajstić information content (AvgIpc) is 2.92. The predicted octanol–water partition coefficient (Wildman–Crippen LogP) is 3.27. The smallest absolute Gasteiger partial charge is 0.256 e. The molecule has 1 unspecified atom stereocenters. The first-order valence-corrected chi connectivity index (χ1v) is 13.6. The van der Waals surface area contributed by atoms with Crippen molar-refractivity contribution < 1.29 is 19.1 Å². The van der Waals surface area contributed by atoms with E-state index >= 15 is 0 Å². The summed E-state index contributed by atoms with van der Waals surface area (Å²) in [5.74, 6) is 0.786. The molecular weight excluding hydrogens is 470 g/mol. The summed E-state index contributed by atoms with van der Waals surface area (Å²) < 4.78 is 13.9. The highest BCUT2D eigenvalue weighted by molar-refractivity contribution is 5.87. The first kappa shape index (κ1) is 26.9. The number of amides is 2. The van der Waals surface area contributed by atoms with Gasteiger partial charge >= 0.3 is 0 Å². The van der Waals surface area contributed by atoms with Gasteiger partial charge in [-0.25, -0.2) is 0 Å². The number of ether oxygens (including phenoxy) is 2. The van der Waals surface area contributed by atoms with Crippen LogP contribution in [0.2, 0.25) is 0 Å². The minimum Gasteiger partial charge on any atom is -0.491 e. The van der Waals surface area contributed by atoms with Crippen LogP contribution < -0.4 is 10.3 Å². The second-order valence-electron chi connectivity index (χ2n) is 9.95. The lowest BCUT2D eigenvalue weighted by atomic mass is 9.90. The number of aryl methyl sites for hydroxylation is 2. The summed E-state index contributed by atoms with van der Waals surface area (Å²) in [6.45, 7) is 4.97. The zero-order valence-electron chi connectivity index (χ0n) is 21.9. The second kappa shape index (κ2) is 12.9. The van der Waals surface area contributed by atoms with Crippen molar-refractivity contribution in [3.63, 3.8) is 0 Å². The van der Waals surface area contributed by atoms with Crippen LogP contribution in [0, 0.1) is 0 Å². The lowest BCUT2D eigenvalue weighted by molar-refractivity contribution is -0.176. The van der Waals surface area contributed by atoms with Gasteiger partial charge < -0.3 is 23.8 Å². The van der Waals surface area contributed by atoms with Crippen LogP contribution in [-0.2, 0) is 27.3 Å². The predicted molar refractivity (Wildman–Crippen MR) is 142 cm³/mol. The standard InChI is InChI=1S/C29H39N3O5/c1-2-3-16-31-19-21-36-25-12-5-4-10-24(25)11-6-8-15-29(28(31)35)23-32(20-22-37-29)27(34)14-18-30-17-9-7-13-26(30)33/h4-5,7,9-10,12-13,17H,2-3,6,8,11,14-16,18-23H2,1H3. The third kappa shape index (κ3) is 6.80. The number of nitrogens with zero attached hydrogens (tertiary/aromatic N) is 3. The van der Waals surface area contributed by atoms with Crippen molar-refractivity contribution in [2.24, 2.45) is 0 Å². The van der Waals surface area contributed by atoms with Gasteiger partial charge in [-0.2, -0.15) is 0 Å². The van der Waals surface area contributed by atoms with E-state index in [4.69, 9.17) is 9.47 Å². The molecule has 0 saturated carbocycles. The Labute approximate surface area is 219 Å². The summed E-state index contributed by atoms with van der Waals surface area (Å²) >= 11 is 0.